The summed E-state index contributed by atoms with van der Waals surface area (Å²) >= 11 is 0. The van der Waals surface area contributed by atoms with Gasteiger partial charge in [0.2, 0.25) is 11.8 Å². The zero-order valence-electron chi connectivity index (χ0n) is 12.1. The number of nitrogens with zero attached hydrogens (tertiary/aromatic N) is 1. The molecule has 20 heavy (non-hydrogen) atoms. The Morgan fingerprint density at radius 3 is 2.55 bits per heavy atom. The van der Waals surface area contributed by atoms with E-state index in [2.05, 4.69) is 6.58 Å². The minimum atomic E-state index is -0.496. The summed E-state index contributed by atoms with van der Waals surface area (Å²) in [6.07, 6.45) is 6.63. The number of hydrogen-bond donors (Lipinski definition) is 0. The molecular weight excluding hydrogens is 258 g/mol. The SMILES string of the molecule is C=CCCCC[C@@H](CC)OC(=O)CN1C(=O)CCC1=O. The van der Waals surface area contributed by atoms with Crippen LogP contribution in [-0.2, 0) is 19.1 Å². The van der Waals surface area contributed by atoms with E-state index in [1.54, 1.807) is 0 Å². The maximum atomic E-state index is 11.8. The maximum Gasteiger partial charge on any atom is 0.326 e. The van der Waals surface area contributed by atoms with Gasteiger partial charge in [0.25, 0.3) is 0 Å². The average Bonchev–Trinajstić information content (AvgIpc) is 2.74. The van der Waals surface area contributed by atoms with Crippen molar-refractivity contribution in [2.75, 3.05) is 6.54 Å². The van der Waals surface area contributed by atoms with Gasteiger partial charge in [0.15, 0.2) is 0 Å². The maximum absolute atomic E-state index is 11.8. The summed E-state index contributed by atoms with van der Waals surface area (Å²) in [6.45, 7) is 5.37. The molecule has 0 radical (unpaired) electrons. The fourth-order valence-corrected chi connectivity index (χ4v) is 2.16. The molecule has 1 aliphatic rings. The molecule has 1 heterocycles. The van der Waals surface area contributed by atoms with Crippen LogP contribution in [0.15, 0.2) is 12.7 Å². The number of unbranched alkanes of at least 4 members (excludes halogenated alkanes) is 2. The first-order valence-electron chi connectivity index (χ1n) is 7.22. The molecular formula is C15H23NO4. The van der Waals surface area contributed by atoms with Crippen molar-refractivity contribution in [2.45, 2.75) is 58.0 Å². The highest BCUT2D eigenvalue weighted by atomic mass is 16.5. The largest absolute Gasteiger partial charge is 0.461 e. The normalized spacial score (nSPS) is 16.4. The number of hydrogen-bond acceptors (Lipinski definition) is 4. The fraction of sp³-hybridized carbons (Fsp3) is 0.667. The lowest BCUT2D eigenvalue weighted by Gasteiger charge is -2.18. The first kappa shape index (κ1) is 16.4. The van der Waals surface area contributed by atoms with Gasteiger partial charge in [0.1, 0.15) is 12.6 Å². The number of ether oxygens (including phenoxy) is 1. The summed E-state index contributed by atoms with van der Waals surface area (Å²) in [6, 6.07) is 0. The summed E-state index contributed by atoms with van der Waals surface area (Å²) in [7, 11) is 0. The highest BCUT2D eigenvalue weighted by Gasteiger charge is 2.31. The minimum absolute atomic E-state index is 0.139. The van der Waals surface area contributed by atoms with Gasteiger partial charge in [0, 0.05) is 12.8 Å². The van der Waals surface area contributed by atoms with Crippen molar-refractivity contribution in [3.8, 4) is 0 Å². The first-order chi connectivity index (χ1) is 9.58. The smallest absolute Gasteiger partial charge is 0.326 e. The van der Waals surface area contributed by atoms with Gasteiger partial charge >= 0.3 is 5.97 Å². The summed E-state index contributed by atoms with van der Waals surface area (Å²) in [5.41, 5.74) is 0. The molecule has 1 aliphatic heterocycles. The third kappa shape index (κ3) is 5.15. The summed E-state index contributed by atoms with van der Waals surface area (Å²) in [4.78, 5) is 35.6. The van der Waals surface area contributed by atoms with Crippen LogP contribution in [0.4, 0.5) is 0 Å². The summed E-state index contributed by atoms with van der Waals surface area (Å²) < 4.78 is 5.33. The monoisotopic (exact) mass is 281 g/mol. The molecule has 1 fully saturated rings. The molecule has 0 unspecified atom stereocenters. The highest BCUT2D eigenvalue weighted by Crippen LogP contribution is 2.14. The van der Waals surface area contributed by atoms with Gasteiger partial charge in [-0.15, -0.1) is 6.58 Å². The molecule has 0 aromatic rings. The van der Waals surface area contributed by atoms with Crippen LogP contribution < -0.4 is 0 Å². The zero-order chi connectivity index (χ0) is 15.0. The Morgan fingerprint density at radius 1 is 1.35 bits per heavy atom. The number of esters is 1. The van der Waals surface area contributed by atoms with Gasteiger partial charge in [0.05, 0.1) is 0 Å². The number of imide groups is 1. The molecule has 1 rings (SSSR count). The van der Waals surface area contributed by atoms with Crippen molar-refractivity contribution in [3.05, 3.63) is 12.7 Å². The number of carbonyl (C=O) groups is 3. The molecule has 0 saturated carbocycles. The molecule has 5 nitrogen and oxygen atoms in total. The number of likely N-dealkylation sites (tertiary alicyclic amines) is 1. The summed E-state index contributed by atoms with van der Waals surface area (Å²) in [5, 5.41) is 0. The molecule has 1 atom stereocenters. The van der Waals surface area contributed by atoms with Gasteiger partial charge in [-0.25, -0.2) is 0 Å². The van der Waals surface area contributed by atoms with E-state index >= 15 is 0 Å². The van der Waals surface area contributed by atoms with E-state index in [4.69, 9.17) is 4.74 Å². The van der Waals surface area contributed by atoms with E-state index in [0.29, 0.717) is 0 Å². The zero-order valence-corrected chi connectivity index (χ0v) is 12.1. The third-order valence-electron chi connectivity index (χ3n) is 3.38. The van der Waals surface area contributed by atoms with Crippen molar-refractivity contribution in [1.29, 1.82) is 0 Å². The lowest BCUT2D eigenvalue weighted by Crippen LogP contribution is -2.36. The highest BCUT2D eigenvalue weighted by molar-refractivity contribution is 6.04. The van der Waals surface area contributed by atoms with Gasteiger partial charge in [-0.05, 0) is 32.1 Å². The van der Waals surface area contributed by atoms with Crippen molar-refractivity contribution in [2.24, 2.45) is 0 Å². The Bertz CT molecular complexity index is 362. The Morgan fingerprint density at radius 2 is 2.00 bits per heavy atom. The van der Waals surface area contributed by atoms with Gasteiger partial charge in [-0.2, -0.15) is 0 Å². The average molecular weight is 281 g/mol. The Kier molecular flexibility index (Phi) is 6.98. The van der Waals surface area contributed by atoms with E-state index in [-0.39, 0.29) is 37.3 Å². The van der Waals surface area contributed by atoms with Crippen LogP contribution in [0.25, 0.3) is 0 Å². The van der Waals surface area contributed by atoms with Crippen molar-refractivity contribution in [1.82, 2.24) is 4.90 Å². The van der Waals surface area contributed by atoms with Crippen molar-refractivity contribution >= 4 is 17.8 Å². The molecule has 0 aromatic heterocycles. The molecule has 0 bridgehead atoms. The van der Waals surface area contributed by atoms with Crippen LogP contribution in [0, 0.1) is 0 Å². The fourth-order valence-electron chi connectivity index (χ4n) is 2.16. The van der Waals surface area contributed by atoms with Crippen molar-refractivity contribution < 1.29 is 19.1 Å². The Balaban J connectivity index is 2.33. The van der Waals surface area contributed by atoms with Crippen molar-refractivity contribution in [3.63, 3.8) is 0 Å². The van der Waals surface area contributed by atoms with Crippen LogP contribution in [0.3, 0.4) is 0 Å². The second-order valence-electron chi connectivity index (χ2n) is 4.97. The molecule has 1 saturated heterocycles. The second kappa shape index (κ2) is 8.51. The molecule has 0 aliphatic carbocycles. The van der Waals surface area contributed by atoms with Gasteiger partial charge in [-0.1, -0.05) is 13.0 Å². The molecule has 0 spiro atoms. The quantitative estimate of drug-likeness (QED) is 0.281. The van der Waals surface area contributed by atoms with Gasteiger partial charge < -0.3 is 4.74 Å². The Labute approximate surface area is 120 Å². The standard InChI is InChI=1S/C15H23NO4/c1-3-5-6-7-8-12(4-2)20-15(19)11-16-13(17)9-10-14(16)18/h3,12H,1,4-11H2,2H3/t12-/m1/s1. The van der Waals surface area contributed by atoms with E-state index in [1.165, 1.54) is 0 Å². The molecule has 0 aromatic carbocycles. The number of carbonyl (C=O) groups excluding carboxylic acids is 3. The predicted molar refractivity (Wildman–Crippen MR) is 74.8 cm³/mol. The lowest BCUT2D eigenvalue weighted by atomic mass is 10.1. The van der Waals surface area contributed by atoms with E-state index in [0.717, 1.165) is 37.0 Å². The topological polar surface area (TPSA) is 63.7 Å². The molecule has 5 heteroatoms. The summed E-state index contributed by atoms with van der Waals surface area (Å²) in [5.74, 6) is -1.07. The number of amides is 2. The van der Waals surface area contributed by atoms with Crippen LogP contribution >= 0.6 is 0 Å². The first-order valence-corrected chi connectivity index (χ1v) is 7.22. The number of allylic oxidation sites excluding steroid dienone is 1. The predicted octanol–water partition coefficient (Wildman–Crippen LogP) is 2.20. The van der Waals surface area contributed by atoms with E-state index < -0.39 is 5.97 Å². The van der Waals surface area contributed by atoms with Crippen LogP contribution in [0.2, 0.25) is 0 Å². The minimum Gasteiger partial charge on any atom is -0.461 e. The van der Waals surface area contributed by atoms with Gasteiger partial charge in [-0.3, -0.25) is 19.3 Å². The van der Waals surface area contributed by atoms with Crippen LogP contribution in [0.1, 0.15) is 51.9 Å². The molecule has 2 amide bonds. The second-order valence-corrected chi connectivity index (χ2v) is 4.97. The Hall–Kier alpha value is -1.65. The van der Waals surface area contributed by atoms with Crippen LogP contribution in [-0.4, -0.2) is 35.3 Å². The number of rotatable bonds is 9. The molecule has 0 N–H and O–H groups in total. The van der Waals surface area contributed by atoms with E-state index in [9.17, 15) is 14.4 Å². The van der Waals surface area contributed by atoms with E-state index in [1.807, 2.05) is 13.0 Å². The lowest BCUT2D eigenvalue weighted by molar-refractivity contribution is -0.156. The third-order valence-corrected chi connectivity index (χ3v) is 3.38. The van der Waals surface area contributed by atoms with Crippen LogP contribution in [0.5, 0.6) is 0 Å². The molecule has 112 valence electrons.